The van der Waals surface area contributed by atoms with Gasteiger partial charge in [0.2, 0.25) is 5.95 Å². The smallest absolute Gasteiger partial charge is 0.225 e. The van der Waals surface area contributed by atoms with Gasteiger partial charge >= 0.3 is 0 Å². The van der Waals surface area contributed by atoms with Gasteiger partial charge in [-0.2, -0.15) is 0 Å². The van der Waals surface area contributed by atoms with Crippen LogP contribution in [-0.2, 0) is 13.0 Å². The predicted molar refractivity (Wildman–Crippen MR) is 75.9 cm³/mol. The zero-order chi connectivity index (χ0) is 11.7. The highest BCUT2D eigenvalue weighted by atomic mass is 127. The summed E-state index contributed by atoms with van der Waals surface area (Å²) in [7, 11) is 0. The van der Waals surface area contributed by atoms with Crippen LogP contribution in [0.25, 0.3) is 0 Å². The van der Waals surface area contributed by atoms with E-state index in [0.717, 1.165) is 29.0 Å². The number of halogens is 1. The van der Waals surface area contributed by atoms with Crippen LogP contribution in [0.4, 0.5) is 5.95 Å². The maximum absolute atomic E-state index is 4.38. The molecule has 3 rings (SSSR count). The summed E-state index contributed by atoms with van der Waals surface area (Å²) >= 11 is 2.22. The van der Waals surface area contributed by atoms with Crippen molar-refractivity contribution >= 4 is 28.5 Å². The summed E-state index contributed by atoms with van der Waals surface area (Å²) < 4.78 is 1.07. The van der Waals surface area contributed by atoms with E-state index >= 15 is 0 Å². The van der Waals surface area contributed by atoms with Crippen LogP contribution in [0.1, 0.15) is 11.1 Å². The molecule has 0 atom stereocenters. The molecular formula is C13H12IN3. The monoisotopic (exact) mass is 337 g/mol. The SMILES string of the molecule is Ic1cnc(N2CCc3ccccc3C2)nc1. The van der Waals surface area contributed by atoms with Crippen LogP contribution in [0, 0.1) is 3.57 Å². The highest BCUT2D eigenvalue weighted by Gasteiger charge is 2.17. The van der Waals surface area contributed by atoms with Gasteiger partial charge in [-0.3, -0.25) is 0 Å². The first-order valence-electron chi connectivity index (χ1n) is 5.62. The van der Waals surface area contributed by atoms with Gasteiger partial charge in [0.25, 0.3) is 0 Å². The fraction of sp³-hybridized carbons (Fsp3) is 0.231. The van der Waals surface area contributed by atoms with Crippen molar-refractivity contribution < 1.29 is 0 Å². The van der Waals surface area contributed by atoms with Crippen molar-refractivity contribution in [2.75, 3.05) is 11.4 Å². The van der Waals surface area contributed by atoms with Gasteiger partial charge in [-0.15, -0.1) is 0 Å². The zero-order valence-corrected chi connectivity index (χ0v) is 11.5. The van der Waals surface area contributed by atoms with Gasteiger partial charge in [0.05, 0.1) is 0 Å². The summed E-state index contributed by atoms with van der Waals surface area (Å²) in [4.78, 5) is 11.0. The largest absolute Gasteiger partial charge is 0.336 e. The van der Waals surface area contributed by atoms with Gasteiger partial charge in [-0.1, -0.05) is 24.3 Å². The van der Waals surface area contributed by atoms with E-state index in [2.05, 4.69) is 61.7 Å². The van der Waals surface area contributed by atoms with Crippen LogP contribution in [0.3, 0.4) is 0 Å². The van der Waals surface area contributed by atoms with E-state index in [1.54, 1.807) is 0 Å². The van der Waals surface area contributed by atoms with Crippen molar-refractivity contribution in [3.63, 3.8) is 0 Å². The van der Waals surface area contributed by atoms with E-state index in [1.807, 2.05) is 12.4 Å². The molecule has 0 unspecified atom stereocenters. The molecule has 17 heavy (non-hydrogen) atoms. The van der Waals surface area contributed by atoms with Crippen molar-refractivity contribution in [2.24, 2.45) is 0 Å². The molecule has 1 aromatic heterocycles. The Kier molecular flexibility index (Phi) is 2.96. The maximum Gasteiger partial charge on any atom is 0.225 e. The van der Waals surface area contributed by atoms with Crippen LogP contribution >= 0.6 is 22.6 Å². The molecule has 1 aromatic carbocycles. The minimum atomic E-state index is 0.833. The molecule has 1 aliphatic heterocycles. The Labute approximate surface area is 114 Å². The number of hydrogen-bond acceptors (Lipinski definition) is 3. The summed E-state index contributed by atoms with van der Waals surface area (Å²) in [6.45, 7) is 1.91. The number of nitrogens with zero attached hydrogens (tertiary/aromatic N) is 3. The molecule has 1 aliphatic rings. The lowest BCUT2D eigenvalue weighted by atomic mass is 10.0. The maximum atomic E-state index is 4.38. The lowest BCUT2D eigenvalue weighted by Gasteiger charge is -2.28. The third kappa shape index (κ3) is 2.26. The Bertz CT molecular complexity index is 524. The second-order valence-corrected chi connectivity index (χ2v) is 5.39. The number of aromatic nitrogens is 2. The first-order valence-corrected chi connectivity index (χ1v) is 6.70. The van der Waals surface area contributed by atoms with Crippen molar-refractivity contribution in [1.82, 2.24) is 9.97 Å². The predicted octanol–water partition coefficient (Wildman–Crippen LogP) is 2.64. The van der Waals surface area contributed by atoms with Gasteiger partial charge < -0.3 is 4.90 Å². The summed E-state index contributed by atoms with van der Waals surface area (Å²) in [6, 6.07) is 8.60. The third-order valence-corrected chi connectivity index (χ3v) is 3.58. The van der Waals surface area contributed by atoms with E-state index in [0.29, 0.717) is 0 Å². The molecule has 3 nitrogen and oxygen atoms in total. The van der Waals surface area contributed by atoms with Gasteiger partial charge in [0.15, 0.2) is 0 Å². The normalized spacial score (nSPS) is 14.5. The van der Waals surface area contributed by atoms with Crippen LogP contribution in [0.15, 0.2) is 36.7 Å². The van der Waals surface area contributed by atoms with E-state index in [9.17, 15) is 0 Å². The van der Waals surface area contributed by atoms with Crippen molar-refractivity contribution in [1.29, 1.82) is 0 Å². The van der Waals surface area contributed by atoms with Crippen LogP contribution in [0.2, 0.25) is 0 Å². The Hall–Kier alpha value is -1.17. The van der Waals surface area contributed by atoms with Gasteiger partial charge in [-0.05, 0) is 40.1 Å². The van der Waals surface area contributed by atoms with E-state index < -0.39 is 0 Å². The average molecular weight is 337 g/mol. The lowest BCUT2D eigenvalue weighted by Crippen LogP contribution is -2.31. The molecule has 0 fully saturated rings. The summed E-state index contributed by atoms with van der Waals surface area (Å²) in [6.07, 6.45) is 4.80. The number of hydrogen-bond donors (Lipinski definition) is 0. The highest BCUT2D eigenvalue weighted by Crippen LogP contribution is 2.21. The second kappa shape index (κ2) is 4.60. The summed E-state index contributed by atoms with van der Waals surface area (Å²) in [5.41, 5.74) is 2.84. The minimum Gasteiger partial charge on any atom is -0.336 e. The second-order valence-electron chi connectivity index (χ2n) is 4.14. The number of fused-ring (bicyclic) bond motifs is 1. The fourth-order valence-corrected chi connectivity index (χ4v) is 2.41. The molecule has 86 valence electrons. The number of benzene rings is 1. The first-order chi connectivity index (χ1) is 8.33. The quantitative estimate of drug-likeness (QED) is 0.749. The molecule has 0 N–H and O–H groups in total. The molecule has 2 aromatic rings. The average Bonchev–Trinajstić information content (AvgIpc) is 2.39. The first kappa shape index (κ1) is 11.0. The molecule has 0 bridgehead atoms. The van der Waals surface area contributed by atoms with E-state index in [1.165, 1.54) is 11.1 Å². The van der Waals surface area contributed by atoms with E-state index in [4.69, 9.17) is 0 Å². The Balaban J connectivity index is 1.86. The fourth-order valence-electron chi connectivity index (χ4n) is 2.14. The molecule has 0 radical (unpaired) electrons. The van der Waals surface area contributed by atoms with Crippen molar-refractivity contribution in [3.05, 3.63) is 51.4 Å². The summed E-state index contributed by atoms with van der Waals surface area (Å²) in [5.74, 6) is 0.833. The Morgan fingerprint density at radius 1 is 1.06 bits per heavy atom. The molecular weight excluding hydrogens is 325 g/mol. The van der Waals surface area contributed by atoms with Gasteiger partial charge in [-0.25, -0.2) is 9.97 Å². The summed E-state index contributed by atoms with van der Waals surface area (Å²) in [5, 5.41) is 0. The minimum absolute atomic E-state index is 0.833. The third-order valence-electron chi connectivity index (χ3n) is 3.02. The van der Waals surface area contributed by atoms with Crippen LogP contribution < -0.4 is 4.90 Å². The lowest BCUT2D eigenvalue weighted by molar-refractivity contribution is 0.707. The molecule has 0 saturated heterocycles. The highest BCUT2D eigenvalue weighted by molar-refractivity contribution is 14.1. The van der Waals surface area contributed by atoms with Crippen LogP contribution in [-0.4, -0.2) is 16.5 Å². The topological polar surface area (TPSA) is 29.0 Å². The standard InChI is InChI=1S/C13H12IN3/c14-12-7-15-13(16-8-12)17-6-5-10-3-1-2-4-11(10)9-17/h1-4,7-8H,5-6,9H2. The number of anilines is 1. The Morgan fingerprint density at radius 2 is 1.76 bits per heavy atom. The van der Waals surface area contributed by atoms with Gasteiger partial charge in [0.1, 0.15) is 0 Å². The molecule has 0 aliphatic carbocycles. The van der Waals surface area contributed by atoms with Crippen molar-refractivity contribution in [3.8, 4) is 0 Å². The molecule has 2 heterocycles. The van der Waals surface area contributed by atoms with E-state index in [-0.39, 0.29) is 0 Å². The van der Waals surface area contributed by atoms with Crippen molar-refractivity contribution in [2.45, 2.75) is 13.0 Å². The Morgan fingerprint density at radius 3 is 2.53 bits per heavy atom. The molecule has 0 amide bonds. The molecule has 4 heteroatoms. The molecule has 0 saturated carbocycles. The zero-order valence-electron chi connectivity index (χ0n) is 9.31. The van der Waals surface area contributed by atoms with Gasteiger partial charge in [0, 0.05) is 29.1 Å². The molecule has 0 spiro atoms. The van der Waals surface area contributed by atoms with Crippen LogP contribution in [0.5, 0.6) is 0 Å². The number of rotatable bonds is 1.